The second-order valence-electron chi connectivity index (χ2n) is 3.56. The zero-order valence-corrected chi connectivity index (χ0v) is 11.8. The highest BCUT2D eigenvalue weighted by atomic mass is 79.9. The van der Waals surface area contributed by atoms with Gasteiger partial charge in [0.05, 0.1) is 11.4 Å². The molecular weight excluding hydrogens is 322 g/mol. The van der Waals surface area contributed by atoms with Crippen molar-refractivity contribution in [2.75, 3.05) is 0 Å². The number of benzene rings is 1. The molecule has 2 aromatic rings. The predicted octanol–water partition coefficient (Wildman–Crippen LogP) is 0.749. The second-order valence-corrected chi connectivity index (χ2v) is 6.21. The number of sulfonamides is 1. The van der Waals surface area contributed by atoms with Crippen LogP contribution < -0.4 is 4.72 Å². The molecule has 0 saturated heterocycles. The zero-order chi connectivity index (χ0) is 13.2. The molecule has 0 unspecified atom stereocenters. The van der Waals surface area contributed by atoms with Gasteiger partial charge in [-0.25, -0.2) is 13.1 Å². The molecule has 0 aliphatic heterocycles. The van der Waals surface area contributed by atoms with Crippen molar-refractivity contribution in [1.82, 2.24) is 25.3 Å². The van der Waals surface area contributed by atoms with Gasteiger partial charge in [-0.2, -0.15) is 5.21 Å². The van der Waals surface area contributed by atoms with Gasteiger partial charge in [0.1, 0.15) is 0 Å². The van der Waals surface area contributed by atoms with Gasteiger partial charge in [0, 0.05) is 4.47 Å². The van der Waals surface area contributed by atoms with E-state index in [-0.39, 0.29) is 17.3 Å². The van der Waals surface area contributed by atoms with Crippen LogP contribution in [0.5, 0.6) is 0 Å². The Labute approximate surface area is 112 Å². The molecule has 1 aromatic heterocycles. The van der Waals surface area contributed by atoms with Crippen molar-refractivity contribution in [3.63, 3.8) is 0 Å². The van der Waals surface area contributed by atoms with E-state index in [4.69, 9.17) is 0 Å². The highest BCUT2D eigenvalue weighted by molar-refractivity contribution is 9.10. The summed E-state index contributed by atoms with van der Waals surface area (Å²) in [6.07, 6.45) is 0. The number of tetrazole rings is 1. The molecule has 9 heteroatoms. The molecule has 18 heavy (non-hydrogen) atoms. The summed E-state index contributed by atoms with van der Waals surface area (Å²) in [4.78, 5) is 0.223. The quantitative estimate of drug-likeness (QED) is 0.860. The first-order chi connectivity index (χ1) is 8.49. The van der Waals surface area contributed by atoms with E-state index >= 15 is 0 Å². The normalized spacial score (nSPS) is 11.7. The summed E-state index contributed by atoms with van der Waals surface area (Å²) in [6.45, 7) is 1.72. The SMILES string of the molecule is Cc1ccc(Br)cc1S(=O)(=O)NCc1nn[nH]n1. The molecule has 0 atom stereocenters. The number of aromatic amines is 1. The van der Waals surface area contributed by atoms with Crippen LogP contribution >= 0.6 is 15.9 Å². The fourth-order valence-corrected chi connectivity index (χ4v) is 3.12. The first-order valence-electron chi connectivity index (χ1n) is 4.97. The van der Waals surface area contributed by atoms with Crippen LogP contribution in [0.15, 0.2) is 27.6 Å². The number of halogens is 1. The Morgan fingerprint density at radius 1 is 1.44 bits per heavy atom. The van der Waals surface area contributed by atoms with Gasteiger partial charge >= 0.3 is 0 Å². The molecule has 0 radical (unpaired) electrons. The Kier molecular flexibility index (Phi) is 3.73. The molecule has 0 aliphatic carbocycles. The van der Waals surface area contributed by atoms with E-state index in [0.717, 1.165) is 0 Å². The van der Waals surface area contributed by atoms with Crippen molar-refractivity contribution < 1.29 is 8.42 Å². The van der Waals surface area contributed by atoms with Crippen LogP contribution in [0.25, 0.3) is 0 Å². The maximum atomic E-state index is 12.1. The number of hydrogen-bond acceptors (Lipinski definition) is 5. The fourth-order valence-electron chi connectivity index (χ4n) is 1.36. The van der Waals surface area contributed by atoms with Crippen molar-refractivity contribution in [2.24, 2.45) is 0 Å². The lowest BCUT2D eigenvalue weighted by molar-refractivity contribution is 0.578. The van der Waals surface area contributed by atoms with Crippen LogP contribution in [0.2, 0.25) is 0 Å². The van der Waals surface area contributed by atoms with E-state index in [1.165, 1.54) is 0 Å². The Bertz CT molecular complexity index is 641. The van der Waals surface area contributed by atoms with Crippen LogP contribution in [0, 0.1) is 6.92 Å². The van der Waals surface area contributed by atoms with Gasteiger partial charge in [-0.1, -0.05) is 27.2 Å². The largest absolute Gasteiger partial charge is 0.241 e. The lowest BCUT2D eigenvalue weighted by Crippen LogP contribution is -2.24. The van der Waals surface area contributed by atoms with E-state index in [2.05, 4.69) is 41.3 Å². The molecule has 2 rings (SSSR count). The van der Waals surface area contributed by atoms with Crippen molar-refractivity contribution in [2.45, 2.75) is 18.4 Å². The molecule has 7 nitrogen and oxygen atoms in total. The topological polar surface area (TPSA) is 101 Å². The van der Waals surface area contributed by atoms with Gasteiger partial charge in [0.2, 0.25) is 10.0 Å². The van der Waals surface area contributed by atoms with E-state index < -0.39 is 10.0 Å². The molecule has 0 spiro atoms. The van der Waals surface area contributed by atoms with E-state index in [0.29, 0.717) is 10.0 Å². The summed E-state index contributed by atoms with van der Waals surface area (Å²) in [5.74, 6) is 0.284. The summed E-state index contributed by atoms with van der Waals surface area (Å²) in [7, 11) is -3.59. The highest BCUT2D eigenvalue weighted by Crippen LogP contribution is 2.20. The summed E-state index contributed by atoms with van der Waals surface area (Å²) in [6, 6.07) is 5.06. The van der Waals surface area contributed by atoms with Crippen molar-refractivity contribution in [1.29, 1.82) is 0 Å². The van der Waals surface area contributed by atoms with Crippen LogP contribution in [-0.4, -0.2) is 29.0 Å². The van der Waals surface area contributed by atoms with Gasteiger partial charge < -0.3 is 0 Å². The van der Waals surface area contributed by atoms with Crippen molar-refractivity contribution in [3.8, 4) is 0 Å². The van der Waals surface area contributed by atoms with Gasteiger partial charge in [-0.05, 0) is 24.6 Å². The van der Waals surface area contributed by atoms with Gasteiger partial charge in [0.15, 0.2) is 5.82 Å². The molecule has 96 valence electrons. The second kappa shape index (κ2) is 5.12. The molecule has 0 aliphatic rings. The minimum atomic E-state index is -3.59. The minimum absolute atomic E-state index is 0.00914. The van der Waals surface area contributed by atoms with Crippen LogP contribution in [0.1, 0.15) is 11.4 Å². The first-order valence-corrected chi connectivity index (χ1v) is 7.25. The number of nitrogens with one attached hydrogen (secondary N) is 2. The fraction of sp³-hybridized carbons (Fsp3) is 0.222. The van der Waals surface area contributed by atoms with Gasteiger partial charge in [0.25, 0.3) is 0 Å². The highest BCUT2D eigenvalue weighted by Gasteiger charge is 2.17. The van der Waals surface area contributed by atoms with Crippen molar-refractivity contribution >= 4 is 26.0 Å². The number of aryl methyl sites for hydroxylation is 1. The molecule has 1 aromatic carbocycles. The maximum Gasteiger partial charge on any atom is 0.241 e. The third kappa shape index (κ3) is 2.92. The number of H-pyrrole nitrogens is 1. The van der Waals surface area contributed by atoms with Crippen LogP contribution in [-0.2, 0) is 16.6 Å². The summed E-state index contributed by atoms with van der Waals surface area (Å²) >= 11 is 3.25. The Morgan fingerprint density at radius 2 is 2.22 bits per heavy atom. The lowest BCUT2D eigenvalue weighted by atomic mass is 10.2. The Balaban J connectivity index is 2.22. The van der Waals surface area contributed by atoms with Crippen LogP contribution in [0.3, 0.4) is 0 Å². The van der Waals surface area contributed by atoms with Crippen LogP contribution in [0.4, 0.5) is 0 Å². The van der Waals surface area contributed by atoms with E-state index in [1.54, 1.807) is 25.1 Å². The van der Waals surface area contributed by atoms with Gasteiger partial charge in [-0.3, -0.25) is 0 Å². The van der Waals surface area contributed by atoms with Crippen molar-refractivity contribution in [3.05, 3.63) is 34.1 Å². The average molecular weight is 332 g/mol. The molecule has 0 saturated carbocycles. The molecule has 0 bridgehead atoms. The van der Waals surface area contributed by atoms with E-state index in [1.807, 2.05) is 0 Å². The maximum absolute atomic E-state index is 12.1. The minimum Gasteiger partial charge on any atom is -0.207 e. The van der Waals surface area contributed by atoms with Gasteiger partial charge in [-0.15, -0.1) is 10.2 Å². The molecule has 2 N–H and O–H groups in total. The third-order valence-corrected chi connectivity index (χ3v) is 4.29. The standard InChI is InChI=1S/C9H10BrN5O2S/c1-6-2-3-7(10)4-8(6)18(16,17)11-5-9-12-14-15-13-9/h2-4,11H,5H2,1H3,(H,12,13,14,15). The summed E-state index contributed by atoms with van der Waals surface area (Å²) < 4.78 is 27.3. The number of nitrogens with zero attached hydrogens (tertiary/aromatic N) is 3. The monoisotopic (exact) mass is 331 g/mol. The Morgan fingerprint density at radius 3 is 2.89 bits per heavy atom. The molecule has 0 fully saturated rings. The number of aromatic nitrogens is 4. The first kappa shape index (κ1) is 13.1. The van der Waals surface area contributed by atoms with E-state index in [9.17, 15) is 8.42 Å². The molecule has 1 heterocycles. The molecule has 0 amide bonds. The number of rotatable bonds is 4. The lowest BCUT2D eigenvalue weighted by Gasteiger charge is -2.08. The molecular formula is C9H10BrN5O2S. The summed E-state index contributed by atoms with van der Waals surface area (Å²) in [5, 5.41) is 12.9. The average Bonchev–Trinajstić information content (AvgIpc) is 2.83. The Hall–Kier alpha value is -1.32. The predicted molar refractivity (Wildman–Crippen MR) is 67.1 cm³/mol. The summed E-state index contributed by atoms with van der Waals surface area (Å²) in [5.41, 5.74) is 0.666. The third-order valence-electron chi connectivity index (χ3n) is 2.25. The smallest absolute Gasteiger partial charge is 0.207 e. The zero-order valence-electron chi connectivity index (χ0n) is 9.38. The number of hydrogen-bond donors (Lipinski definition) is 2.